The first-order chi connectivity index (χ1) is 9.95. The number of benzene rings is 1. The summed E-state index contributed by atoms with van der Waals surface area (Å²) in [5, 5.41) is 6.12. The zero-order valence-electron chi connectivity index (χ0n) is 11.0. The van der Waals surface area contributed by atoms with Gasteiger partial charge in [-0.05, 0) is 19.1 Å². The molecular formula is C12H12ClN3O4S. The number of nitrogens with one attached hydrogen (secondary N) is 2. The average molecular weight is 330 g/mol. The van der Waals surface area contributed by atoms with Gasteiger partial charge in [-0.1, -0.05) is 23.7 Å². The number of halogens is 1. The van der Waals surface area contributed by atoms with E-state index in [2.05, 4.69) is 14.9 Å². The maximum atomic E-state index is 12.3. The molecule has 0 unspecified atom stereocenters. The molecule has 0 atom stereocenters. The van der Waals surface area contributed by atoms with Crippen molar-refractivity contribution in [1.82, 2.24) is 10.2 Å². The summed E-state index contributed by atoms with van der Waals surface area (Å²) in [5.41, 5.74) is -0.00696. The van der Waals surface area contributed by atoms with Crippen molar-refractivity contribution in [2.75, 3.05) is 11.3 Å². The van der Waals surface area contributed by atoms with Crippen LogP contribution in [0.2, 0.25) is 5.02 Å². The number of carbonyl (C=O) groups is 1. The number of esters is 1. The van der Waals surface area contributed by atoms with Crippen LogP contribution in [0, 0.1) is 0 Å². The molecule has 9 heteroatoms. The molecule has 0 radical (unpaired) electrons. The predicted octanol–water partition coefficient (Wildman–Crippen LogP) is 2.04. The van der Waals surface area contributed by atoms with Gasteiger partial charge in [-0.15, -0.1) is 0 Å². The van der Waals surface area contributed by atoms with Crippen LogP contribution in [0.5, 0.6) is 0 Å². The van der Waals surface area contributed by atoms with Crippen molar-refractivity contribution in [3.8, 4) is 0 Å². The Labute approximate surface area is 126 Å². The number of ether oxygens (including phenoxy) is 1. The standard InChI is InChI=1S/C12H12ClN3O4S/c1-2-20-12(17)8-7-14-15-11(8)16-21(18,19)10-6-4-3-5-9(10)13/h3-7H,2H2,1H3,(H2,14,15,16). The van der Waals surface area contributed by atoms with Crippen LogP contribution in [-0.4, -0.2) is 31.2 Å². The van der Waals surface area contributed by atoms with Gasteiger partial charge < -0.3 is 4.74 Å². The fraction of sp³-hybridized carbons (Fsp3) is 0.167. The van der Waals surface area contributed by atoms with E-state index in [9.17, 15) is 13.2 Å². The Kier molecular flexibility index (Phi) is 4.49. The van der Waals surface area contributed by atoms with E-state index in [4.69, 9.17) is 16.3 Å². The molecule has 1 aromatic heterocycles. The number of aromatic amines is 1. The van der Waals surface area contributed by atoms with Crippen molar-refractivity contribution in [2.24, 2.45) is 0 Å². The lowest BCUT2D eigenvalue weighted by Gasteiger charge is -2.09. The maximum Gasteiger partial charge on any atom is 0.343 e. The Morgan fingerprint density at radius 2 is 2.14 bits per heavy atom. The molecular weight excluding hydrogens is 318 g/mol. The van der Waals surface area contributed by atoms with Gasteiger partial charge in [-0.25, -0.2) is 13.2 Å². The quantitative estimate of drug-likeness (QED) is 0.817. The highest BCUT2D eigenvalue weighted by Crippen LogP contribution is 2.24. The molecule has 0 fully saturated rings. The number of aromatic nitrogens is 2. The Morgan fingerprint density at radius 3 is 2.81 bits per heavy atom. The van der Waals surface area contributed by atoms with Crippen LogP contribution in [0.25, 0.3) is 0 Å². The van der Waals surface area contributed by atoms with Gasteiger partial charge in [0, 0.05) is 0 Å². The minimum atomic E-state index is -3.95. The van der Waals surface area contributed by atoms with Gasteiger partial charge >= 0.3 is 5.97 Å². The van der Waals surface area contributed by atoms with Crippen molar-refractivity contribution < 1.29 is 17.9 Å². The molecule has 1 aromatic carbocycles. The second kappa shape index (κ2) is 6.15. The molecule has 0 spiro atoms. The molecule has 7 nitrogen and oxygen atoms in total. The monoisotopic (exact) mass is 329 g/mol. The van der Waals surface area contributed by atoms with Gasteiger partial charge in [0.15, 0.2) is 0 Å². The summed E-state index contributed by atoms with van der Waals surface area (Å²) in [5.74, 6) is -0.753. The van der Waals surface area contributed by atoms with Crippen molar-refractivity contribution in [3.05, 3.63) is 41.0 Å². The SMILES string of the molecule is CCOC(=O)c1cn[nH]c1NS(=O)(=O)c1ccccc1Cl. The van der Waals surface area contributed by atoms with Crippen LogP contribution >= 0.6 is 11.6 Å². The number of anilines is 1. The number of hydrogen-bond acceptors (Lipinski definition) is 5. The van der Waals surface area contributed by atoms with E-state index < -0.39 is 16.0 Å². The third kappa shape index (κ3) is 3.34. The Balaban J connectivity index is 2.33. The van der Waals surface area contributed by atoms with Crippen LogP contribution in [0.1, 0.15) is 17.3 Å². The summed E-state index contributed by atoms with van der Waals surface area (Å²) in [6.45, 7) is 1.81. The summed E-state index contributed by atoms with van der Waals surface area (Å²) in [6.07, 6.45) is 1.18. The van der Waals surface area contributed by atoms with Gasteiger partial charge in [0.1, 0.15) is 16.3 Å². The molecule has 0 aliphatic carbocycles. The first kappa shape index (κ1) is 15.3. The minimum absolute atomic E-state index is 0.00696. The van der Waals surface area contributed by atoms with Crippen molar-refractivity contribution in [3.63, 3.8) is 0 Å². The van der Waals surface area contributed by atoms with Gasteiger partial charge in [0.2, 0.25) is 0 Å². The lowest BCUT2D eigenvalue weighted by molar-refractivity contribution is 0.0527. The Morgan fingerprint density at radius 1 is 1.43 bits per heavy atom. The zero-order chi connectivity index (χ0) is 15.5. The fourth-order valence-electron chi connectivity index (χ4n) is 1.58. The number of hydrogen-bond donors (Lipinski definition) is 2. The highest BCUT2D eigenvalue weighted by molar-refractivity contribution is 7.92. The molecule has 2 N–H and O–H groups in total. The van der Waals surface area contributed by atoms with Crippen molar-refractivity contribution in [2.45, 2.75) is 11.8 Å². The van der Waals surface area contributed by atoms with Crippen molar-refractivity contribution in [1.29, 1.82) is 0 Å². The first-order valence-electron chi connectivity index (χ1n) is 5.93. The van der Waals surface area contributed by atoms with E-state index in [0.29, 0.717) is 0 Å². The van der Waals surface area contributed by atoms with E-state index >= 15 is 0 Å². The zero-order valence-corrected chi connectivity index (χ0v) is 12.5. The van der Waals surface area contributed by atoms with Gasteiger partial charge in [-0.2, -0.15) is 5.10 Å². The minimum Gasteiger partial charge on any atom is -0.462 e. The number of H-pyrrole nitrogens is 1. The second-order valence-electron chi connectivity index (χ2n) is 3.92. The van der Waals surface area contributed by atoms with E-state index in [1.165, 1.54) is 18.3 Å². The summed E-state index contributed by atoms with van der Waals surface area (Å²) in [7, 11) is -3.95. The molecule has 1 heterocycles. The highest BCUT2D eigenvalue weighted by Gasteiger charge is 2.22. The summed E-state index contributed by atoms with van der Waals surface area (Å²) in [6, 6.07) is 5.96. The molecule has 2 rings (SSSR count). The van der Waals surface area contributed by atoms with Crippen LogP contribution in [0.3, 0.4) is 0 Å². The van der Waals surface area contributed by atoms with E-state index in [-0.39, 0.29) is 27.9 Å². The molecule has 2 aromatic rings. The number of nitrogens with zero attached hydrogens (tertiary/aromatic N) is 1. The van der Waals surface area contributed by atoms with Crippen LogP contribution in [0.15, 0.2) is 35.4 Å². The maximum absolute atomic E-state index is 12.3. The Bertz CT molecular complexity index is 757. The summed E-state index contributed by atoms with van der Waals surface area (Å²) in [4.78, 5) is 11.6. The molecule has 0 bridgehead atoms. The fourth-order valence-corrected chi connectivity index (χ4v) is 3.14. The van der Waals surface area contributed by atoms with Gasteiger partial charge in [0.05, 0.1) is 17.8 Å². The van der Waals surface area contributed by atoms with E-state index in [1.807, 2.05) is 0 Å². The van der Waals surface area contributed by atoms with E-state index in [1.54, 1.807) is 19.1 Å². The molecule has 0 saturated heterocycles. The van der Waals surface area contributed by atoms with Gasteiger partial charge in [-0.3, -0.25) is 9.82 Å². The molecule has 0 amide bonds. The van der Waals surface area contributed by atoms with Crippen LogP contribution in [0.4, 0.5) is 5.82 Å². The lowest BCUT2D eigenvalue weighted by Crippen LogP contribution is -2.16. The first-order valence-corrected chi connectivity index (χ1v) is 7.79. The largest absolute Gasteiger partial charge is 0.462 e. The average Bonchev–Trinajstić information content (AvgIpc) is 2.86. The normalized spacial score (nSPS) is 11.1. The molecule has 21 heavy (non-hydrogen) atoms. The number of carbonyl (C=O) groups excluding carboxylic acids is 1. The number of rotatable bonds is 5. The van der Waals surface area contributed by atoms with Gasteiger partial charge in [0.25, 0.3) is 10.0 Å². The van der Waals surface area contributed by atoms with Crippen molar-refractivity contribution >= 4 is 33.4 Å². The summed E-state index contributed by atoms with van der Waals surface area (Å²) >= 11 is 5.86. The van der Waals surface area contributed by atoms with Crippen LogP contribution in [-0.2, 0) is 14.8 Å². The third-order valence-electron chi connectivity index (χ3n) is 2.50. The third-order valence-corrected chi connectivity index (χ3v) is 4.35. The topological polar surface area (TPSA) is 101 Å². The predicted molar refractivity (Wildman–Crippen MR) is 76.8 cm³/mol. The second-order valence-corrected chi connectivity index (χ2v) is 5.97. The lowest BCUT2D eigenvalue weighted by atomic mass is 10.3. The number of sulfonamides is 1. The van der Waals surface area contributed by atoms with E-state index in [0.717, 1.165) is 0 Å². The smallest absolute Gasteiger partial charge is 0.343 e. The summed E-state index contributed by atoms with van der Waals surface area (Å²) < 4.78 is 31.6. The van der Waals surface area contributed by atoms with Crippen LogP contribution < -0.4 is 4.72 Å². The highest BCUT2D eigenvalue weighted by atomic mass is 35.5. The Hall–Kier alpha value is -2.06. The molecule has 0 saturated carbocycles. The molecule has 0 aliphatic rings. The molecule has 0 aliphatic heterocycles. The molecule has 112 valence electrons.